The van der Waals surface area contributed by atoms with Gasteiger partial charge in [0.1, 0.15) is 12.1 Å². The highest BCUT2D eigenvalue weighted by molar-refractivity contribution is 6.09. The van der Waals surface area contributed by atoms with Crippen LogP contribution in [-0.4, -0.2) is 65.9 Å². The van der Waals surface area contributed by atoms with Gasteiger partial charge in [-0.05, 0) is 76.4 Å². The maximum atomic E-state index is 12.8. The topological polar surface area (TPSA) is 81.8 Å². The Kier molecular flexibility index (Phi) is 6.96. The second kappa shape index (κ2) is 9.25. The Labute approximate surface area is 168 Å². The average molecular weight is 393 g/mol. The third-order valence-corrected chi connectivity index (χ3v) is 6.93. The molecule has 0 aromatic rings. The lowest BCUT2D eigenvalue weighted by molar-refractivity contribution is -0.136. The Morgan fingerprint density at radius 3 is 2.50 bits per heavy atom. The van der Waals surface area contributed by atoms with Gasteiger partial charge >= 0.3 is 6.03 Å². The summed E-state index contributed by atoms with van der Waals surface area (Å²) in [5.74, 6) is 0.982. The standard InChI is InChI=1S/C21H36N4O3/c1-3-17-5-9-21(10-6-17)19(27)25(20(28)23-21)15-18(26)22-11-4-12-24-13-7-16(2)8-14-24/h16-17H,3-15H2,1-2H3,(H,22,26)(H,23,28). The fraction of sp³-hybridized carbons (Fsp3) is 0.857. The largest absolute Gasteiger partial charge is 0.354 e. The summed E-state index contributed by atoms with van der Waals surface area (Å²) >= 11 is 0. The number of urea groups is 1. The Balaban J connectivity index is 1.39. The number of hydrogen-bond acceptors (Lipinski definition) is 4. The normalized spacial score (nSPS) is 29.4. The van der Waals surface area contributed by atoms with E-state index >= 15 is 0 Å². The summed E-state index contributed by atoms with van der Waals surface area (Å²) in [5.41, 5.74) is -0.769. The molecule has 4 amide bonds. The summed E-state index contributed by atoms with van der Waals surface area (Å²) in [6, 6.07) is -0.419. The lowest BCUT2D eigenvalue weighted by atomic mass is 9.75. The van der Waals surface area contributed by atoms with Crippen molar-refractivity contribution in [3.8, 4) is 0 Å². The highest BCUT2D eigenvalue weighted by Crippen LogP contribution is 2.37. The molecule has 2 heterocycles. The van der Waals surface area contributed by atoms with E-state index < -0.39 is 11.6 Å². The lowest BCUT2D eigenvalue weighted by Crippen LogP contribution is -2.50. The number of rotatable bonds is 7. The van der Waals surface area contributed by atoms with Crippen molar-refractivity contribution in [1.29, 1.82) is 0 Å². The van der Waals surface area contributed by atoms with Crippen LogP contribution in [0.25, 0.3) is 0 Å². The van der Waals surface area contributed by atoms with Crippen LogP contribution < -0.4 is 10.6 Å². The van der Waals surface area contributed by atoms with Crippen LogP contribution in [0.3, 0.4) is 0 Å². The molecule has 0 unspecified atom stereocenters. The molecule has 0 aromatic carbocycles. The van der Waals surface area contributed by atoms with E-state index in [-0.39, 0.29) is 18.4 Å². The number of imide groups is 1. The van der Waals surface area contributed by atoms with Crippen LogP contribution in [0.2, 0.25) is 0 Å². The predicted octanol–water partition coefficient (Wildman–Crippen LogP) is 2.12. The van der Waals surface area contributed by atoms with Gasteiger partial charge in [0.25, 0.3) is 5.91 Å². The summed E-state index contributed by atoms with van der Waals surface area (Å²) in [5, 5.41) is 5.75. The van der Waals surface area contributed by atoms with E-state index in [1.54, 1.807) is 0 Å². The molecule has 7 heteroatoms. The molecular weight excluding hydrogens is 356 g/mol. The molecule has 1 aliphatic carbocycles. The van der Waals surface area contributed by atoms with E-state index in [1.807, 2.05) is 0 Å². The Hall–Kier alpha value is -1.63. The van der Waals surface area contributed by atoms with E-state index in [1.165, 1.54) is 12.8 Å². The van der Waals surface area contributed by atoms with Gasteiger partial charge in [0.05, 0.1) is 0 Å². The minimum absolute atomic E-state index is 0.176. The Bertz CT molecular complexity index is 578. The molecule has 2 aliphatic heterocycles. The summed E-state index contributed by atoms with van der Waals surface area (Å²) in [4.78, 5) is 41.0. The van der Waals surface area contributed by atoms with Crippen LogP contribution in [0.1, 0.15) is 65.2 Å². The van der Waals surface area contributed by atoms with Crippen molar-refractivity contribution in [3.63, 3.8) is 0 Å². The lowest BCUT2D eigenvalue weighted by Gasteiger charge is -2.34. The van der Waals surface area contributed by atoms with E-state index in [0.717, 1.165) is 56.1 Å². The summed E-state index contributed by atoms with van der Waals surface area (Å²) in [6.45, 7) is 8.13. The summed E-state index contributed by atoms with van der Waals surface area (Å²) < 4.78 is 0. The highest BCUT2D eigenvalue weighted by Gasteiger charge is 2.52. The van der Waals surface area contributed by atoms with Gasteiger partial charge in [-0.15, -0.1) is 0 Å². The molecule has 0 radical (unpaired) electrons. The van der Waals surface area contributed by atoms with Crippen molar-refractivity contribution < 1.29 is 14.4 Å². The number of likely N-dealkylation sites (tertiary alicyclic amines) is 1. The van der Waals surface area contributed by atoms with Crippen molar-refractivity contribution in [2.75, 3.05) is 32.7 Å². The molecular formula is C21H36N4O3. The predicted molar refractivity (Wildman–Crippen MR) is 108 cm³/mol. The number of nitrogens with one attached hydrogen (secondary N) is 2. The number of carbonyl (C=O) groups is 3. The van der Waals surface area contributed by atoms with Crippen molar-refractivity contribution in [1.82, 2.24) is 20.4 Å². The van der Waals surface area contributed by atoms with Gasteiger partial charge in [0, 0.05) is 6.54 Å². The molecule has 28 heavy (non-hydrogen) atoms. The minimum atomic E-state index is -0.769. The molecule has 3 fully saturated rings. The first-order chi connectivity index (χ1) is 13.4. The molecule has 1 saturated carbocycles. The second-order valence-electron chi connectivity index (χ2n) is 8.98. The van der Waals surface area contributed by atoms with Crippen molar-refractivity contribution >= 4 is 17.8 Å². The molecule has 2 N–H and O–H groups in total. The van der Waals surface area contributed by atoms with E-state index in [2.05, 4.69) is 29.4 Å². The smallest absolute Gasteiger partial charge is 0.325 e. The van der Waals surface area contributed by atoms with Crippen LogP contribution >= 0.6 is 0 Å². The molecule has 1 spiro atoms. The van der Waals surface area contributed by atoms with Crippen molar-refractivity contribution in [2.45, 2.75) is 70.8 Å². The van der Waals surface area contributed by atoms with Crippen LogP contribution in [0, 0.1) is 11.8 Å². The summed E-state index contributed by atoms with van der Waals surface area (Å²) in [6.07, 6.45) is 7.78. The zero-order valence-electron chi connectivity index (χ0n) is 17.5. The zero-order chi connectivity index (χ0) is 20.1. The maximum absolute atomic E-state index is 12.8. The molecule has 0 bridgehead atoms. The van der Waals surface area contributed by atoms with Crippen molar-refractivity contribution in [3.05, 3.63) is 0 Å². The van der Waals surface area contributed by atoms with Gasteiger partial charge in [-0.1, -0.05) is 20.3 Å². The van der Waals surface area contributed by atoms with E-state index in [9.17, 15) is 14.4 Å². The fourth-order valence-electron chi connectivity index (χ4n) is 4.75. The number of amides is 4. The number of hydrogen-bond donors (Lipinski definition) is 2. The molecule has 3 aliphatic rings. The number of nitrogens with zero attached hydrogens (tertiary/aromatic N) is 2. The third-order valence-electron chi connectivity index (χ3n) is 6.93. The number of piperidine rings is 1. The SMILES string of the molecule is CCC1CCC2(CC1)NC(=O)N(CC(=O)NCCCN1CCC(C)CC1)C2=O. The van der Waals surface area contributed by atoms with Crippen LogP contribution in [0.4, 0.5) is 4.79 Å². The fourth-order valence-corrected chi connectivity index (χ4v) is 4.75. The third kappa shape index (κ3) is 4.85. The van der Waals surface area contributed by atoms with Crippen LogP contribution in [0.5, 0.6) is 0 Å². The molecule has 7 nitrogen and oxygen atoms in total. The Morgan fingerprint density at radius 1 is 1.18 bits per heavy atom. The van der Waals surface area contributed by atoms with Crippen LogP contribution in [-0.2, 0) is 9.59 Å². The molecule has 158 valence electrons. The zero-order valence-corrected chi connectivity index (χ0v) is 17.5. The molecule has 2 saturated heterocycles. The quantitative estimate of drug-likeness (QED) is 0.514. The van der Waals surface area contributed by atoms with Gasteiger partial charge < -0.3 is 15.5 Å². The number of carbonyl (C=O) groups excluding carboxylic acids is 3. The highest BCUT2D eigenvalue weighted by atomic mass is 16.2. The van der Waals surface area contributed by atoms with Crippen LogP contribution in [0.15, 0.2) is 0 Å². The molecule has 0 aromatic heterocycles. The first kappa shape index (κ1) is 21.1. The first-order valence-electron chi connectivity index (χ1n) is 11.1. The Morgan fingerprint density at radius 2 is 1.86 bits per heavy atom. The minimum Gasteiger partial charge on any atom is -0.354 e. The van der Waals surface area contributed by atoms with Gasteiger partial charge in [-0.3, -0.25) is 14.5 Å². The molecule has 0 atom stereocenters. The average Bonchev–Trinajstić information content (AvgIpc) is 2.91. The van der Waals surface area contributed by atoms with Gasteiger partial charge in [-0.2, -0.15) is 0 Å². The van der Waals surface area contributed by atoms with Gasteiger partial charge in [-0.25, -0.2) is 4.79 Å². The van der Waals surface area contributed by atoms with E-state index in [4.69, 9.17) is 0 Å². The van der Waals surface area contributed by atoms with Gasteiger partial charge in [0.15, 0.2) is 0 Å². The second-order valence-corrected chi connectivity index (χ2v) is 8.98. The first-order valence-corrected chi connectivity index (χ1v) is 11.1. The molecule has 3 rings (SSSR count). The van der Waals surface area contributed by atoms with E-state index in [0.29, 0.717) is 25.3 Å². The monoisotopic (exact) mass is 392 g/mol. The van der Waals surface area contributed by atoms with Crippen molar-refractivity contribution in [2.24, 2.45) is 11.8 Å². The maximum Gasteiger partial charge on any atom is 0.325 e. The summed E-state index contributed by atoms with van der Waals surface area (Å²) in [7, 11) is 0. The van der Waals surface area contributed by atoms with Gasteiger partial charge in [0.2, 0.25) is 5.91 Å².